The highest BCUT2D eigenvalue weighted by molar-refractivity contribution is 7.18. The molecule has 156 valence electrons. The minimum absolute atomic E-state index is 0.620. The molecule has 0 amide bonds. The fraction of sp³-hybridized carbons (Fsp3) is 0.172. The zero-order chi connectivity index (χ0) is 21.7. The summed E-state index contributed by atoms with van der Waals surface area (Å²) in [4.78, 5) is 0. The molecule has 31 heavy (non-hydrogen) atoms. The smallest absolute Gasteiger partial charge is 0.0656 e. The van der Waals surface area contributed by atoms with Crippen molar-refractivity contribution in [2.75, 3.05) is 0 Å². The molecule has 0 nitrogen and oxygen atoms in total. The second kappa shape index (κ2) is 9.21. The molecule has 4 aromatic rings. The van der Waals surface area contributed by atoms with Gasteiger partial charge in [0, 0.05) is 0 Å². The maximum atomic E-state index is 2.61. The van der Waals surface area contributed by atoms with Crippen LogP contribution in [0.5, 0.6) is 0 Å². The summed E-state index contributed by atoms with van der Waals surface area (Å²) >= 11 is 0. The van der Waals surface area contributed by atoms with Crippen LogP contribution >= 0.6 is 0 Å². The van der Waals surface area contributed by atoms with E-state index in [9.17, 15) is 0 Å². The lowest BCUT2D eigenvalue weighted by Crippen LogP contribution is -2.72. The molecule has 0 spiro atoms. The first kappa shape index (κ1) is 21.5. The molecular weight excluding hydrogens is 404 g/mol. The highest BCUT2D eigenvalue weighted by Crippen LogP contribution is 2.35. The van der Waals surface area contributed by atoms with Crippen molar-refractivity contribution >= 4 is 36.9 Å². The molecule has 0 saturated carbocycles. The Labute approximate surface area is 189 Å². The molecule has 0 radical (unpaired) electrons. The number of benzene rings is 4. The van der Waals surface area contributed by atoms with Crippen LogP contribution in [-0.2, 0) is 0 Å². The highest BCUT2D eigenvalue weighted by Gasteiger charge is 2.51. The highest BCUT2D eigenvalue weighted by atomic mass is 28.4. The Bertz CT molecular complexity index is 909. The van der Waals surface area contributed by atoms with Crippen LogP contribution < -0.4 is 20.7 Å². The molecule has 4 rings (SSSR count). The Morgan fingerprint density at radius 2 is 0.677 bits per heavy atom. The third-order valence-corrected chi connectivity index (χ3v) is 20.5. The third-order valence-electron chi connectivity index (χ3n) is 7.30. The summed E-state index contributed by atoms with van der Waals surface area (Å²) < 4.78 is 0. The Kier molecular flexibility index (Phi) is 6.40. The van der Waals surface area contributed by atoms with Crippen molar-refractivity contribution < 1.29 is 0 Å². The summed E-state index contributed by atoms with van der Waals surface area (Å²) in [5.41, 5.74) is 0. The molecule has 0 unspecified atom stereocenters. The van der Waals surface area contributed by atoms with Crippen LogP contribution in [0.25, 0.3) is 0 Å². The van der Waals surface area contributed by atoms with Crippen LogP contribution in [0.2, 0.25) is 18.3 Å². The topological polar surface area (TPSA) is 0 Å². The van der Waals surface area contributed by atoms with E-state index in [2.05, 4.69) is 141 Å². The molecular formula is C29H32Si2. The molecule has 0 aliphatic heterocycles. The van der Waals surface area contributed by atoms with Crippen LogP contribution in [0.1, 0.15) is 13.3 Å². The Morgan fingerprint density at radius 3 is 0.871 bits per heavy atom. The van der Waals surface area contributed by atoms with E-state index in [1.165, 1.54) is 6.42 Å². The van der Waals surface area contributed by atoms with E-state index >= 15 is 0 Å². The van der Waals surface area contributed by atoms with Gasteiger partial charge in [0.15, 0.2) is 0 Å². The van der Waals surface area contributed by atoms with Gasteiger partial charge in [-0.1, -0.05) is 169 Å². The summed E-state index contributed by atoms with van der Waals surface area (Å²) in [6.07, 6.45) is 1.18. The first-order valence-corrected chi connectivity index (χ1v) is 16.5. The first-order chi connectivity index (χ1) is 15.1. The number of hydrogen-bond acceptors (Lipinski definition) is 0. The van der Waals surface area contributed by atoms with Gasteiger partial charge in [-0.15, -0.1) is 0 Å². The van der Waals surface area contributed by atoms with Gasteiger partial charge in [-0.2, -0.15) is 0 Å². The van der Waals surface area contributed by atoms with Gasteiger partial charge in [-0.3, -0.25) is 0 Å². The monoisotopic (exact) mass is 436 g/mol. The minimum Gasteiger partial charge on any atom is -0.0656 e. The van der Waals surface area contributed by atoms with Gasteiger partial charge in [0.05, 0.1) is 0 Å². The van der Waals surface area contributed by atoms with Crippen LogP contribution in [0, 0.1) is 0 Å². The van der Waals surface area contributed by atoms with E-state index in [4.69, 9.17) is 0 Å². The van der Waals surface area contributed by atoms with Gasteiger partial charge < -0.3 is 0 Å². The Balaban J connectivity index is 2.02. The fourth-order valence-corrected chi connectivity index (χ4v) is 19.7. The molecule has 4 aromatic carbocycles. The molecule has 0 aliphatic carbocycles. The summed E-state index contributed by atoms with van der Waals surface area (Å²) in [7, 11) is -4.14. The molecule has 0 bridgehead atoms. The average Bonchev–Trinajstić information content (AvgIpc) is 2.86. The Morgan fingerprint density at radius 1 is 0.452 bits per heavy atom. The van der Waals surface area contributed by atoms with E-state index in [1.54, 1.807) is 20.7 Å². The van der Waals surface area contributed by atoms with Gasteiger partial charge in [0.2, 0.25) is 0 Å². The molecule has 0 aromatic heterocycles. The van der Waals surface area contributed by atoms with Crippen molar-refractivity contribution in [1.82, 2.24) is 0 Å². The lowest BCUT2D eigenvalue weighted by atomic mass is 10.4. The summed E-state index contributed by atoms with van der Waals surface area (Å²) in [6, 6.07) is 45.4. The third kappa shape index (κ3) is 3.86. The van der Waals surface area contributed by atoms with Gasteiger partial charge in [-0.05, 0) is 5.16 Å². The molecule has 0 atom stereocenters. The van der Waals surface area contributed by atoms with Crippen LogP contribution in [0.4, 0.5) is 0 Å². The predicted octanol–water partition coefficient (Wildman–Crippen LogP) is 5.09. The van der Waals surface area contributed by atoms with E-state index in [0.717, 1.165) is 0 Å². The average molecular weight is 437 g/mol. The number of rotatable bonds is 7. The van der Waals surface area contributed by atoms with Crippen molar-refractivity contribution in [1.29, 1.82) is 0 Å². The SMILES string of the molecule is CCC([Si](C)(c1ccccc1)c1ccccc1)[Si](C)(c1ccccc1)c1ccccc1. The molecule has 0 saturated heterocycles. The largest absolute Gasteiger partial charge is 0.116 e. The second-order valence-corrected chi connectivity index (χ2v) is 17.9. The van der Waals surface area contributed by atoms with Gasteiger partial charge >= 0.3 is 0 Å². The Hall–Kier alpha value is -2.69. The molecule has 0 heterocycles. The molecule has 0 fully saturated rings. The summed E-state index contributed by atoms with van der Waals surface area (Å²) in [5.74, 6) is 0. The maximum Gasteiger partial charge on any atom is 0.116 e. The van der Waals surface area contributed by atoms with Crippen molar-refractivity contribution in [3.63, 3.8) is 0 Å². The van der Waals surface area contributed by atoms with Crippen LogP contribution in [0.3, 0.4) is 0 Å². The minimum atomic E-state index is -2.07. The second-order valence-electron chi connectivity index (χ2n) is 8.83. The van der Waals surface area contributed by atoms with E-state index in [0.29, 0.717) is 5.16 Å². The van der Waals surface area contributed by atoms with Gasteiger partial charge in [0.1, 0.15) is 16.1 Å². The van der Waals surface area contributed by atoms with Gasteiger partial charge in [0.25, 0.3) is 0 Å². The summed E-state index contributed by atoms with van der Waals surface area (Å²) in [6.45, 7) is 7.64. The van der Waals surface area contributed by atoms with E-state index < -0.39 is 16.1 Å². The quantitative estimate of drug-likeness (QED) is 0.354. The van der Waals surface area contributed by atoms with Crippen molar-refractivity contribution in [3.05, 3.63) is 121 Å². The predicted molar refractivity (Wildman–Crippen MR) is 142 cm³/mol. The fourth-order valence-electron chi connectivity index (χ4n) is 5.67. The molecule has 0 aliphatic rings. The molecule has 2 heteroatoms. The standard InChI is InChI=1S/C29H32Si2/c1-4-29(30(2,25-17-9-5-10-18-25)26-19-11-6-12-20-26)31(3,27-21-13-7-14-22-27)28-23-15-8-16-24-28/h5-24,29H,4H2,1-3H3. The zero-order valence-electron chi connectivity index (χ0n) is 18.8. The van der Waals surface area contributed by atoms with E-state index in [1.807, 2.05) is 0 Å². The maximum absolute atomic E-state index is 2.61. The van der Waals surface area contributed by atoms with E-state index in [-0.39, 0.29) is 0 Å². The first-order valence-electron chi connectivity index (χ1n) is 11.3. The van der Waals surface area contributed by atoms with Crippen LogP contribution in [-0.4, -0.2) is 16.1 Å². The normalized spacial score (nSPS) is 12.1. The van der Waals surface area contributed by atoms with Gasteiger partial charge in [-0.25, -0.2) is 0 Å². The number of hydrogen-bond donors (Lipinski definition) is 0. The van der Waals surface area contributed by atoms with Crippen molar-refractivity contribution in [3.8, 4) is 0 Å². The lowest BCUT2D eigenvalue weighted by Gasteiger charge is -2.47. The van der Waals surface area contributed by atoms with Crippen LogP contribution in [0.15, 0.2) is 121 Å². The molecule has 0 N–H and O–H groups in total. The van der Waals surface area contributed by atoms with Crippen molar-refractivity contribution in [2.24, 2.45) is 0 Å². The van der Waals surface area contributed by atoms with Crippen molar-refractivity contribution in [2.45, 2.75) is 31.6 Å². The lowest BCUT2D eigenvalue weighted by molar-refractivity contribution is 0.969. The zero-order valence-corrected chi connectivity index (χ0v) is 20.8. The summed E-state index contributed by atoms with van der Waals surface area (Å²) in [5, 5.41) is 6.78.